The van der Waals surface area contributed by atoms with Gasteiger partial charge in [0.15, 0.2) is 0 Å². The molecule has 2 aliphatic carbocycles. The van der Waals surface area contributed by atoms with Crippen molar-refractivity contribution >= 4 is 5.97 Å². The Morgan fingerprint density at radius 1 is 1.36 bits per heavy atom. The van der Waals surface area contributed by atoms with Crippen LogP contribution in [0.3, 0.4) is 0 Å². The van der Waals surface area contributed by atoms with Crippen molar-refractivity contribution in [2.75, 3.05) is 6.61 Å². The van der Waals surface area contributed by atoms with Gasteiger partial charge in [-0.2, -0.15) is 0 Å². The topological polar surface area (TPSA) is 46.5 Å². The summed E-state index contributed by atoms with van der Waals surface area (Å²) in [4.78, 5) is 11.2. The summed E-state index contributed by atoms with van der Waals surface area (Å²) in [5.74, 6) is -0.362. The molecule has 1 saturated heterocycles. The quantitative estimate of drug-likeness (QED) is 0.693. The fraction of sp³-hybridized carbons (Fsp3) is 0.909. The minimum absolute atomic E-state index is 0.0525. The Morgan fingerprint density at radius 2 is 2.14 bits per heavy atom. The molecule has 0 unspecified atom stereocenters. The van der Waals surface area contributed by atoms with Gasteiger partial charge < -0.3 is 9.84 Å². The molecular weight excluding hydrogens is 180 g/mol. The number of ether oxygens (including phenoxy) is 1. The molecule has 3 fully saturated rings. The molecule has 0 radical (unpaired) electrons. The van der Waals surface area contributed by atoms with E-state index in [4.69, 9.17) is 4.74 Å². The second kappa shape index (κ2) is 2.72. The Balaban J connectivity index is 1.85. The number of hydrogen-bond donors (Lipinski definition) is 1. The largest absolute Gasteiger partial charge is 0.481 e. The van der Waals surface area contributed by atoms with Gasteiger partial charge in [-0.25, -0.2) is 0 Å². The van der Waals surface area contributed by atoms with E-state index in [9.17, 15) is 9.90 Å². The minimum atomic E-state index is -0.587. The van der Waals surface area contributed by atoms with Crippen molar-refractivity contribution in [1.29, 1.82) is 0 Å². The molecule has 1 N–H and O–H groups in total. The van der Waals surface area contributed by atoms with Gasteiger partial charge in [0, 0.05) is 12.0 Å². The number of aliphatic carboxylic acids is 1. The monoisotopic (exact) mass is 196 g/mol. The van der Waals surface area contributed by atoms with E-state index in [2.05, 4.69) is 0 Å². The summed E-state index contributed by atoms with van der Waals surface area (Å²) in [6.45, 7) is 0.843. The van der Waals surface area contributed by atoms with Gasteiger partial charge in [0.2, 0.25) is 0 Å². The summed E-state index contributed by atoms with van der Waals surface area (Å²) in [7, 11) is 0. The lowest BCUT2D eigenvalue weighted by Crippen LogP contribution is -2.68. The minimum Gasteiger partial charge on any atom is -0.481 e. The van der Waals surface area contributed by atoms with Crippen LogP contribution in [-0.2, 0) is 9.53 Å². The summed E-state index contributed by atoms with van der Waals surface area (Å²) >= 11 is 0. The van der Waals surface area contributed by atoms with Gasteiger partial charge in [0.25, 0.3) is 0 Å². The lowest BCUT2D eigenvalue weighted by molar-refractivity contribution is -0.261. The highest BCUT2D eigenvalue weighted by Crippen LogP contribution is 2.65. The summed E-state index contributed by atoms with van der Waals surface area (Å²) in [6, 6.07) is 0. The molecule has 3 heteroatoms. The highest BCUT2D eigenvalue weighted by molar-refractivity contribution is 5.74. The van der Waals surface area contributed by atoms with Crippen molar-refractivity contribution < 1.29 is 14.6 Å². The van der Waals surface area contributed by atoms with Crippen molar-refractivity contribution in [2.24, 2.45) is 17.3 Å². The zero-order valence-corrected chi connectivity index (χ0v) is 8.24. The Morgan fingerprint density at radius 3 is 2.71 bits per heavy atom. The molecule has 14 heavy (non-hydrogen) atoms. The summed E-state index contributed by atoms with van der Waals surface area (Å²) in [5.41, 5.74) is 0.0525. The molecule has 1 heterocycles. The van der Waals surface area contributed by atoms with Gasteiger partial charge in [-0.05, 0) is 31.6 Å². The zero-order chi connectivity index (χ0) is 9.76. The number of rotatable bonds is 1. The Labute approximate surface area is 83.4 Å². The standard InChI is InChI=1S/C11H16O3/c12-10(13)8-7-3-1-6-14-9(7)11(8)4-2-5-11/h7-9H,1-6H2,(H,12,13)/t7-,8-,9+/m0/s1. The summed E-state index contributed by atoms with van der Waals surface area (Å²) in [6.07, 6.45) is 5.72. The van der Waals surface area contributed by atoms with Crippen molar-refractivity contribution in [2.45, 2.75) is 38.2 Å². The van der Waals surface area contributed by atoms with E-state index in [0.717, 1.165) is 32.3 Å². The third-order valence-corrected chi connectivity index (χ3v) is 4.53. The van der Waals surface area contributed by atoms with Gasteiger partial charge in [-0.3, -0.25) is 4.79 Å². The van der Waals surface area contributed by atoms with Crippen LogP contribution in [0.4, 0.5) is 0 Å². The Bertz CT molecular complexity index is 270. The predicted octanol–water partition coefficient (Wildman–Crippen LogP) is 1.67. The van der Waals surface area contributed by atoms with Gasteiger partial charge in [0.1, 0.15) is 0 Å². The van der Waals surface area contributed by atoms with Crippen LogP contribution in [0.2, 0.25) is 0 Å². The van der Waals surface area contributed by atoms with E-state index in [0.29, 0.717) is 5.92 Å². The van der Waals surface area contributed by atoms with E-state index in [1.165, 1.54) is 6.42 Å². The van der Waals surface area contributed by atoms with Crippen LogP contribution in [0.15, 0.2) is 0 Å². The number of carboxylic acids is 1. The average molecular weight is 196 g/mol. The van der Waals surface area contributed by atoms with Crippen molar-refractivity contribution in [3.05, 3.63) is 0 Å². The first-order valence-corrected chi connectivity index (χ1v) is 5.60. The summed E-state index contributed by atoms with van der Waals surface area (Å²) < 4.78 is 5.75. The van der Waals surface area contributed by atoms with E-state index in [1.807, 2.05) is 0 Å². The fourth-order valence-corrected chi connectivity index (χ4v) is 3.83. The highest BCUT2D eigenvalue weighted by Gasteiger charge is 2.68. The second-order valence-corrected chi connectivity index (χ2v) is 5.00. The van der Waals surface area contributed by atoms with E-state index in [1.54, 1.807) is 0 Å². The van der Waals surface area contributed by atoms with Crippen molar-refractivity contribution in [3.8, 4) is 0 Å². The van der Waals surface area contributed by atoms with Gasteiger partial charge in [-0.1, -0.05) is 6.42 Å². The molecule has 0 aromatic carbocycles. The fourth-order valence-electron chi connectivity index (χ4n) is 3.83. The van der Waals surface area contributed by atoms with Gasteiger partial charge in [0.05, 0.1) is 12.0 Å². The molecular formula is C11H16O3. The van der Waals surface area contributed by atoms with Crippen molar-refractivity contribution in [1.82, 2.24) is 0 Å². The highest BCUT2D eigenvalue weighted by atomic mass is 16.5. The van der Waals surface area contributed by atoms with Gasteiger partial charge >= 0.3 is 5.97 Å². The normalized spacial score (nSPS) is 43.6. The van der Waals surface area contributed by atoms with E-state index in [-0.39, 0.29) is 17.4 Å². The molecule has 78 valence electrons. The summed E-state index contributed by atoms with van der Waals surface area (Å²) in [5, 5.41) is 9.22. The van der Waals surface area contributed by atoms with Crippen LogP contribution >= 0.6 is 0 Å². The maximum atomic E-state index is 11.2. The third kappa shape index (κ3) is 0.842. The molecule has 0 aromatic heterocycles. The smallest absolute Gasteiger partial charge is 0.307 e. The van der Waals surface area contributed by atoms with E-state index >= 15 is 0 Å². The van der Waals surface area contributed by atoms with Crippen LogP contribution in [-0.4, -0.2) is 23.8 Å². The molecule has 3 rings (SSSR count). The lowest BCUT2D eigenvalue weighted by atomic mass is 9.42. The first kappa shape index (κ1) is 8.72. The first-order chi connectivity index (χ1) is 6.76. The SMILES string of the molecule is O=C(O)[C@@H]1[C@@H]2CCCO[C@H]2C12CCC2. The van der Waals surface area contributed by atoms with Crippen LogP contribution < -0.4 is 0 Å². The molecule has 0 amide bonds. The molecule has 3 aliphatic rings. The Hall–Kier alpha value is -0.570. The molecule has 1 spiro atoms. The van der Waals surface area contributed by atoms with Crippen LogP contribution in [0.25, 0.3) is 0 Å². The molecule has 0 aromatic rings. The van der Waals surface area contributed by atoms with Crippen molar-refractivity contribution in [3.63, 3.8) is 0 Å². The van der Waals surface area contributed by atoms with Crippen LogP contribution in [0, 0.1) is 17.3 Å². The molecule has 1 aliphatic heterocycles. The number of carbonyl (C=O) groups is 1. The Kier molecular flexibility index (Phi) is 1.69. The maximum absolute atomic E-state index is 11.2. The van der Waals surface area contributed by atoms with Crippen LogP contribution in [0.5, 0.6) is 0 Å². The number of carboxylic acid groups (broad SMARTS) is 1. The van der Waals surface area contributed by atoms with Crippen LogP contribution in [0.1, 0.15) is 32.1 Å². The second-order valence-electron chi connectivity index (χ2n) is 5.00. The molecule has 2 saturated carbocycles. The third-order valence-electron chi connectivity index (χ3n) is 4.53. The van der Waals surface area contributed by atoms with Gasteiger partial charge in [-0.15, -0.1) is 0 Å². The molecule has 0 bridgehead atoms. The van der Waals surface area contributed by atoms with E-state index < -0.39 is 5.97 Å². The molecule has 3 nitrogen and oxygen atoms in total. The number of hydrogen-bond acceptors (Lipinski definition) is 2. The average Bonchev–Trinajstić information content (AvgIpc) is 2.03. The zero-order valence-electron chi connectivity index (χ0n) is 8.24. The predicted molar refractivity (Wildman–Crippen MR) is 49.9 cm³/mol. The first-order valence-electron chi connectivity index (χ1n) is 5.60. The number of fused-ring (bicyclic) bond motifs is 2. The maximum Gasteiger partial charge on any atom is 0.307 e. The lowest BCUT2D eigenvalue weighted by Gasteiger charge is -2.65. The molecule has 3 atom stereocenters.